The van der Waals surface area contributed by atoms with E-state index in [1.54, 1.807) is 7.11 Å². The Hall–Kier alpha value is -0.650. The van der Waals surface area contributed by atoms with Crippen molar-refractivity contribution < 1.29 is 14.4 Å². The number of amides is 1. The molecule has 1 saturated carbocycles. The maximum Gasteiger partial charge on any atom is 0.260 e. The minimum Gasteiger partial charge on any atom is -0.382 e. The number of rotatable bonds is 5. The third-order valence-corrected chi connectivity index (χ3v) is 4.03. The molecule has 2 rings (SSSR count). The summed E-state index contributed by atoms with van der Waals surface area (Å²) in [6.07, 6.45) is 7.23. The molecule has 0 bridgehead atoms. The van der Waals surface area contributed by atoms with Crippen LogP contribution in [0.25, 0.3) is 0 Å². The van der Waals surface area contributed by atoms with Crippen LogP contribution < -0.4 is 10.8 Å². The van der Waals surface area contributed by atoms with E-state index < -0.39 is 0 Å². The van der Waals surface area contributed by atoms with Gasteiger partial charge in [0.1, 0.15) is 0 Å². The van der Waals surface area contributed by atoms with Crippen LogP contribution in [-0.4, -0.2) is 38.3 Å². The number of hydrogen-bond acceptors (Lipinski definition) is 4. The minimum atomic E-state index is -0.0908. The lowest BCUT2D eigenvalue weighted by atomic mass is 9.78. The first-order valence-electron chi connectivity index (χ1n) is 6.98. The second-order valence-electron chi connectivity index (χ2n) is 5.26. The topological polar surface area (TPSA) is 59.6 Å². The van der Waals surface area contributed by atoms with E-state index in [2.05, 4.69) is 10.8 Å². The first-order valence-corrected chi connectivity index (χ1v) is 6.98. The summed E-state index contributed by atoms with van der Waals surface area (Å²) in [7, 11) is 1.61. The third kappa shape index (κ3) is 3.67. The SMILES string of the molecule is COCCONC(=O)C1CCC2CCCCC2N1. The summed E-state index contributed by atoms with van der Waals surface area (Å²) in [4.78, 5) is 17.0. The Kier molecular flexibility index (Phi) is 5.41. The normalized spacial score (nSPS) is 31.7. The lowest BCUT2D eigenvalue weighted by Gasteiger charge is -2.39. The molecular formula is C13H24N2O3. The first-order chi connectivity index (χ1) is 8.81. The fourth-order valence-electron chi connectivity index (χ4n) is 3.02. The Morgan fingerprint density at radius 1 is 1.22 bits per heavy atom. The van der Waals surface area contributed by atoms with Crippen molar-refractivity contribution in [2.24, 2.45) is 5.92 Å². The van der Waals surface area contributed by atoms with E-state index in [-0.39, 0.29) is 11.9 Å². The van der Waals surface area contributed by atoms with Gasteiger partial charge >= 0.3 is 0 Å². The molecule has 3 atom stereocenters. The van der Waals surface area contributed by atoms with E-state index in [9.17, 15) is 4.79 Å². The predicted molar refractivity (Wildman–Crippen MR) is 67.9 cm³/mol. The van der Waals surface area contributed by atoms with Crippen LogP contribution in [0.2, 0.25) is 0 Å². The van der Waals surface area contributed by atoms with Crippen LogP contribution in [0.15, 0.2) is 0 Å². The van der Waals surface area contributed by atoms with Crippen LogP contribution in [-0.2, 0) is 14.4 Å². The maximum atomic E-state index is 11.9. The molecule has 18 heavy (non-hydrogen) atoms. The molecule has 5 heteroatoms. The van der Waals surface area contributed by atoms with Gasteiger partial charge in [0.15, 0.2) is 0 Å². The zero-order valence-corrected chi connectivity index (χ0v) is 11.1. The van der Waals surface area contributed by atoms with Crippen molar-refractivity contribution in [3.63, 3.8) is 0 Å². The highest BCUT2D eigenvalue weighted by Gasteiger charge is 2.34. The van der Waals surface area contributed by atoms with Gasteiger partial charge in [0, 0.05) is 13.2 Å². The molecule has 1 saturated heterocycles. The highest BCUT2D eigenvalue weighted by atomic mass is 16.7. The molecule has 1 heterocycles. The van der Waals surface area contributed by atoms with Crippen LogP contribution in [0.4, 0.5) is 0 Å². The molecule has 0 spiro atoms. The number of ether oxygens (including phenoxy) is 1. The van der Waals surface area contributed by atoms with Crippen molar-refractivity contribution in [2.75, 3.05) is 20.3 Å². The zero-order chi connectivity index (χ0) is 12.8. The number of hydrogen-bond donors (Lipinski definition) is 2. The smallest absolute Gasteiger partial charge is 0.260 e. The zero-order valence-electron chi connectivity index (χ0n) is 11.1. The van der Waals surface area contributed by atoms with E-state index in [1.807, 2.05) is 0 Å². The van der Waals surface area contributed by atoms with Crippen LogP contribution in [0.5, 0.6) is 0 Å². The van der Waals surface area contributed by atoms with Gasteiger partial charge in [-0.2, -0.15) is 0 Å². The predicted octanol–water partition coefficient (Wildman–Crippen LogP) is 0.991. The second-order valence-corrected chi connectivity index (χ2v) is 5.26. The summed E-state index contributed by atoms with van der Waals surface area (Å²) in [5.41, 5.74) is 2.50. The maximum absolute atomic E-state index is 11.9. The van der Waals surface area contributed by atoms with Crippen molar-refractivity contribution in [2.45, 2.75) is 50.6 Å². The highest BCUT2D eigenvalue weighted by Crippen LogP contribution is 2.32. The van der Waals surface area contributed by atoms with Gasteiger partial charge in [-0.1, -0.05) is 12.8 Å². The molecule has 1 amide bonds. The van der Waals surface area contributed by atoms with Crippen LogP contribution in [0.3, 0.4) is 0 Å². The summed E-state index contributed by atoms with van der Waals surface area (Å²) in [5, 5.41) is 3.47. The van der Waals surface area contributed by atoms with Gasteiger partial charge in [-0.25, -0.2) is 5.48 Å². The van der Waals surface area contributed by atoms with Crippen molar-refractivity contribution in [3.05, 3.63) is 0 Å². The summed E-state index contributed by atoms with van der Waals surface area (Å²) < 4.78 is 4.85. The Morgan fingerprint density at radius 2 is 2.06 bits per heavy atom. The molecule has 2 N–H and O–H groups in total. The highest BCUT2D eigenvalue weighted by molar-refractivity contribution is 5.80. The molecule has 0 aromatic rings. The summed E-state index contributed by atoms with van der Waals surface area (Å²) in [6.45, 7) is 0.879. The van der Waals surface area contributed by atoms with Gasteiger partial charge in [-0.3, -0.25) is 9.63 Å². The Morgan fingerprint density at radius 3 is 2.89 bits per heavy atom. The van der Waals surface area contributed by atoms with Gasteiger partial charge < -0.3 is 10.1 Å². The number of carbonyl (C=O) groups excluding carboxylic acids is 1. The Balaban J connectivity index is 1.71. The molecule has 3 unspecified atom stereocenters. The monoisotopic (exact) mass is 256 g/mol. The van der Waals surface area contributed by atoms with E-state index in [1.165, 1.54) is 25.7 Å². The molecule has 5 nitrogen and oxygen atoms in total. The van der Waals surface area contributed by atoms with Crippen molar-refractivity contribution >= 4 is 5.91 Å². The molecule has 0 aromatic carbocycles. The molecule has 104 valence electrons. The quantitative estimate of drug-likeness (QED) is 0.569. The number of fused-ring (bicyclic) bond motifs is 1. The molecule has 2 fully saturated rings. The number of nitrogens with one attached hydrogen (secondary N) is 2. The third-order valence-electron chi connectivity index (χ3n) is 4.03. The summed E-state index contributed by atoms with van der Waals surface area (Å²) >= 11 is 0. The van der Waals surface area contributed by atoms with E-state index in [0.717, 1.165) is 18.8 Å². The van der Waals surface area contributed by atoms with Gasteiger partial charge in [-0.15, -0.1) is 0 Å². The van der Waals surface area contributed by atoms with E-state index in [0.29, 0.717) is 19.3 Å². The summed E-state index contributed by atoms with van der Waals surface area (Å²) in [6, 6.07) is 0.439. The fraction of sp³-hybridized carbons (Fsp3) is 0.923. The number of carbonyl (C=O) groups is 1. The fourth-order valence-corrected chi connectivity index (χ4v) is 3.02. The van der Waals surface area contributed by atoms with Gasteiger partial charge in [0.05, 0.1) is 19.3 Å². The first kappa shape index (κ1) is 13.8. The standard InChI is InChI=1S/C13H24N2O3/c1-17-8-9-18-15-13(16)12-7-6-10-4-2-3-5-11(10)14-12/h10-12,14H,2-9H2,1H3,(H,15,16). The van der Waals surface area contributed by atoms with Gasteiger partial charge in [0.2, 0.25) is 0 Å². The molecular weight excluding hydrogens is 232 g/mol. The van der Waals surface area contributed by atoms with Gasteiger partial charge in [-0.05, 0) is 31.6 Å². The number of piperidine rings is 1. The van der Waals surface area contributed by atoms with E-state index in [4.69, 9.17) is 9.57 Å². The Bertz CT molecular complexity index is 273. The van der Waals surface area contributed by atoms with Crippen molar-refractivity contribution in [1.29, 1.82) is 0 Å². The molecule has 1 aliphatic heterocycles. The molecule has 0 radical (unpaired) electrons. The van der Waals surface area contributed by atoms with Gasteiger partial charge in [0.25, 0.3) is 5.91 Å². The minimum absolute atomic E-state index is 0.0462. The van der Waals surface area contributed by atoms with Crippen LogP contribution in [0.1, 0.15) is 38.5 Å². The van der Waals surface area contributed by atoms with Crippen molar-refractivity contribution in [3.8, 4) is 0 Å². The largest absolute Gasteiger partial charge is 0.382 e. The molecule has 1 aliphatic carbocycles. The molecule has 0 aromatic heterocycles. The Labute approximate surface area is 109 Å². The lowest BCUT2D eigenvalue weighted by molar-refractivity contribution is -0.138. The average Bonchev–Trinajstić information content (AvgIpc) is 2.43. The van der Waals surface area contributed by atoms with Crippen LogP contribution >= 0.6 is 0 Å². The van der Waals surface area contributed by atoms with Crippen LogP contribution in [0, 0.1) is 5.92 Å². The molecule has 2 aliphatic rings. The number of hydroxylamine groups is 1. The second kappa shape index (κ2) is 7.07. The number of methoxy groups -OCH3 is 1. The summed E-state index contributed by atoms with van der Waals surface area (Å²) in [5.74, 6) is 0.729. The lowest BCUT2D eigenvalue weighted by Crippen LogP contribution is -2.54. The van der Waals surface area contributed by atoms with E-state index >= 15 is 0 Å². The van der Waals surface area contributed by atoms with Crippen molar-refractivity contribution in [1.82, 2.24) is 10.8 Å². The average molecular weight is 256 g/mol.